The predicted octanol–water partition coefficient (Wildman–Crippen LogP) is 1.54. The van der Waals surface area contributed by atoms with Gasteiger partial charge in [-0.25, -0.2) is 4.98 Å². The van der Waals surface area contributed by atoms with Gasteiger partial charge in [0.05, 0.1) is 23.1 Å². The van der Waals surface area contributed by atoms with E-state index in [1.54, 1.807) is 30.3 Å². The number of aromatic amines is 2. The van der Waals surface area contributed by atoms with Crippen LogP contribution in [-0.2, 0) is 6.54 Å². The van der Waals surface area contributed by atoms with E-state index in [4.69, 9.17) is 4.52 Å². The van der Waals surface area contributed by atoms with Crippen LogP contribution >= 0.6 is 0 Å². The molecule has 9 heteroatoms. The van der Waals surface area contributed by atoms with Crippen molar-refractivity contribution in [2.75, 3.05) is 0 Å². The Morgan fingerprint density at radius 2 is 2.15 bits per heavy atom. The topological polar surface area (TPSA) is 130 Å². The number of amides is 1. The Kier molecular flexibility index (Phi) is 3.81. The van der Waals surface area contributed by atoms with Gasteiger partial charge in [-0.05, 0) is 37.3 Å². The van der Waals surface area contributed by atoms with Gasteiger partial charge < -0.3 is 19.8 Å². The van der Waals surface area contributed by atoms with Crippen LogP contribution in [0.4, 0.5) is 0 Å². The number of carbonyl (C=O) groups excluding carboxylic acids is 1. The number of rotatable bonds is 4. The van der Waals surface area contributed by atoms with Crippen LogP contribution in [0.3, 0.4) is 0 Å². The van der Waals surface area contributed by atoms with Crippen LogP contribution in [0.5, 0.6) is 0 Å². The molecule has 0 fully saturated rings. The summed E-state index contributed by atoms with van der Waals surface area (Å²) in [6.45, 7) is 1.90. The number of carbonyl (C=O) groups is 1. The van der Waals surface area contributed by atoms with Crippen LogP contribution in [0.1, 0.15) is 22.1 Å². The molecule has 0 aliphatic rings. The fraction of sp³-hybridized carbons (Fsp3) is 0.118. The first-order chi connectivity index (χ1) is 12.6. The van der Waals surface area contributed by atoms with Crippen LogP contribution in [-0.4, -0.2) is 31.0 Å². The van der Waals surface area contributed by atoms with Crippen molar-refractivity contribution in [3.05, 3.63) is 64.2 Å². The van der Waals surface area contributed by atoms with E-state index in [1.165, 1.54) is 6.20 Å². The van der Waals surface area contributed by atoms with E-state index < -0.39 is 0 Å². The monoisotopic (exact) mass is 350 g/mol. The van der Waals surface area contributed by atoms with E-state index in [9.17, 15) is 9.59 Å². The molecular formula is C17H14N6O3. The molecule has 0 saturated heterocycles. The summed E-state index contributed by atoms with van der Waals surface area (Å²) in [5.41, 5.74) is 2.06. The molecule has 4 rings (SSSR count). The number of benzene rings is 1. The van der Waals surface area contributed by atoms with E-state index in [-0.39, 0.29) is 29.7 Å². The van der Waals surface area contributed by atoms with Crippen molar-refractivity contribution in [1.82, 2.24) is 30.4 Å². The highest BCUT2D eigenvalue weighted by molar-refractivity contribution is 5.97. The lowest BCUT2D eigenvalue weighted by Crippen LogP contribution is -2.22. The van der Waals surface area contributed by atoms with Gasteiger partial charge in [-0.2, -0.15) is 4.98 Å². The Labute approximate surface area is 146 Å². The van der Waals surface area contributed by atoms with E-state index in [0.717, 1.165) is 16.9 Å². The molecule has 3 heterocycles. The van der Waals surface area contributed by atoms with Gasteiger partial charge in [-0.15, -0.1) is 0 Å². The first-order valence-corrected chi connectivity index (χ1v) is 7.85. The third kappa shape index (κ3) is 2.97. The minimum absolute atomic E-state index is 0.0522. The molecule has 9 nitrogen and oxygen atoms in total. The van der Waals surface area contributed by atoms with Gasteiger partial charge in [0.2, 0.25) is 11.7 Å². The normalized spacial score (nSPS) is 11.0. The molecule has 3 aromatic heterocycles. The fourth-order valence-corrected chi connectivity index (χ4v) is 2.57. The van der Waals surface area contributed by atoms with Crippen molar-refractivity contribution in [2.45, 2.75) is 13.5 Å². The lowest BCUT2D eigenvalue weighted by atomic mass is 10.2. The molecule has 130 valence electrons. The number of aromatic nitrogens is 5. The van der Waals surface area contributed by atoms with E-state index in [1.807, 2.05) is 6.92 Å². The Balaban J connectivity index is 1.47. The summed E-state index contributed by atoms with van der Waals surface area (Å²) in [5.74, 6) is 0.879. The average Bonchev–Trinajstić information content (AvgIpc) is 3.24. The predicted molar refractivity (Wildman–Crippen MR) is 92.4 cm³/mol. The molecule has 0 bridgehead atoms. The maximum absolute atomic E-state index is 12.3. The fourth-order valence-electron chi connectivity index (χ4n) is 2.57. The van der Waals surface area contributed by atoms with Crippen molar-refractivity contribution in [3.8, 4) is 11.4 Å². The van der Waals surface area contributed by atoms with Gasteiger partial charge in [-0.1, -0.05) is 5.16 Å². The minimum Gasteiger partial charge on any atom is -0.343 e. The van der Waals surface area contributed by atoms with Crippen LogP contribution < -0.4 is 10.9 Å². The Hall–Kier alpha value is -3.75. The molecule has 0 saturated carbocycles. The van der Waals surface area contributed by atoms with Gasteiger partial charge in [-0.3, -0.25) is 9.59 Å². The van der Waals surface area contributed by atoms with Crippen molar-refractivity contribution < 1.29 is 9.32 Å². The van der Waals surface area contributed by atoms with E-state index in [0.29, 0.717) is 11.1 Å². The number of nitrogens with one attached hydrogen (secondary N) is 3. The summed E-state index contributed by atoms with van der Waals surface area (Å²) in [5, 5.41) is 6.48. The van der Waals surface area contributed by atoms with Gasteiger partial charge >= 0.3 is 0 Å². The van der Waals surface area contributed by atoms with Crippen LogP contribution in [0, 0.1) is 6.92 Å². The minimum atomic E-state index is -0.313. The Morgan fingerprint density at radius 1 is 1.27 bits per heavy atom. The first kappa shape index (κ1) is 15.8. The molecule has 1 aromatic carbocycles. The third-order valence-electron chi connectivity index (χ3n) is 3.79. The number of imidazole rings is 1. The standard InChI is InChI=1S/C17H14N6O3/c1-9-20-12-5-4-10(7-13(12)21-9)16(24)19-8-14-22-15(23-26-14)11-3-2-6-18-17(11)25/h2-7H,8H2,1H3,(H,18,25)(H,19,24)(H,20,21). The molecule has 0 atom stereocenters. The molecule has 0 aliphatic heterocycles. The maximum atomic E-state index is 12.3. The number of nitrogens with zero attached hydrogens (tertiary/aromatic N) is 3. The third-order valence-corrected chi connectivity index (χ3v) is 3.79. The van der Waals surface area contributed by atoms with Crippen LogP contribution in [0.2, 0.25) is 0 Å². The zero-order chi connectivity index (χ0) is 18.1. The summed E-state index contributed by atoms with van der Waals surface area (Å²) < 4.78 is 5.09. The summed E-state index contributed by atoms with van der Waals surface area (Å²) in [6.07, 6.45) is 1.52. The molecule has 4 aromatic rings. The Bertz CT molecular complexity index is 1160. The number of hydrogen-bond acceptors (Lipinski definition) is 6. The number of H-pyrrole nitrogens is 2. The summed E-state index contributed by atoms with van der Waals surface area (Å²) >= 11 is 0. The molecule has 26 heavy (non-hydrogen) atoms. The van der Waals surface area contributed by atoms with Gasteiger partial charge in [0.25, 0.3) is 11.5 Å². The molecule has 0 radical (unpaired) electrons. The molecule has 3 N–H and O–H groups in total. The second-order valence-corrected chi connectivity index (χ2v) is 5.66. The molecular weight excluding hydrogens is 336 g/mol. The highest BCUT2D eigenvalue weighted by atomic mass is 16.5. The lowest BCUT2D eigenvalue weighted by Gasteiger charge is -2.02. The van der Waals surface area contributed by atoms with Gasteiger partial charge in [0.15, 0.2) is 0 Å². The number of fused-ring (bicyclic) bond motifs is 1. The smallest absolute Gasteiger partial charge is 0.259 e. The van der Waals surface area contributed by atoms with Crippen molar-refractivity contribution in [1.29, 1.82) is 0 Å². The zero-order valence-electron chi connectivity index (χ0n) is 13.7. The molecule has 0 unspecified atom stereocenters. The van der Waals surface area contributed by atoms with Crippen molar-refractivity contribution in [2.24, 2.45) is 0 Å². The van der Waals surface area contributed by atoms with Gasteiger partial charge in [0, 0.05) is 11.8 Å². The van der Waals surface area contributed by atoms with E-state index in [2.05, 4.69) is 30.4 Å². The number of pyridine rings is 1. The first-order valence-electron chi connectivity index (χ1n) is 7.85. The molecule has 0 aliphatic carbocycles. The summed E-state index contributed by atoms with van der Waals surface area (Å²) in [6, 6.07) is 8.46. The highest BCUT2D eigenvalue weighted by Gasteiger charge is 2.13. The SMILES string of the molecule is Cc1nc2ccc(C(=O)NCc3nc(-c4ccc[nH]c4=O)no3)cc2[nH]1. The van der Waals surface area contributed by atoms with Crippen LogP contribution in [0.15, 0.2) is 45.8 Å². The second kappa shape index (κ2) is 6.28. The maximum Gasteiger partial charge on any atom is 0.259 e. The molecule has 0 spiro atoms. The average molecular weight is 350 g/mol. The largest absolute Gasteiger partial charge is 0.343 e. The van der Waals surface area contributed by atoms with Gasteiger partial charge in [0.1, 0.15) is 5.82 Å². The zero-order valence-corrected chi connectivity index (χ0v) is 13.7. The number of hydrogen-bond donors (Lipinski definition) is 3. The Morgan fingerprint density at radius 3 is 3.00 bits per heavy atom. The second-order valence-electron chi connectivity index (χ2n) is 5.66. The van der Waals surface area contributed by atoms with Crippen molar-refractivity contribution in [3.63, 3.8) is 0 Å². The summed E-state index contributed by atoms with van der Waals surface area (Å²) in [7, 11) is 0. The highest BCUT2D eigenvalue weighted by Crippen LogP contribution is 2.14. The van der Waals surface area contributed by atoms with E-state index >= 15 is 0 Å². The van der Waals surface area contributed by atoms with Crippen molar-refractivity contribution >= 4 is 16.9 Å². The summed E-state index contributed by atoms with van der Waals surface area (Å²) in [4.78, 5) is 38.1. The van der Waals surface area contributed by atoms with Crippen LogP contribution in [0.25, 0.3) is 22.4 Å². The molecule has 1 amide bonds. The lowest BCUT2D eigenvalue weighted by molar-refractivity contribution is 0.0946. The number of aryl methyl sites for hydroxylation is 1. The quantitative estimate of drug-likeness (QED) is 0.512.